The van der Waals surface area contributed by atoms with Gasteiger partial charge in [-0.15, -0.1) is 0 Å². The lowest BCUT2D eigenvalue weighted by molar-refractivity contribution is -0.0229. The molecule has 0 aromatic heterocycles. The van der Waals surface area contributed by atoms with Crippen LogP contribution >= 0.6 is 0 Å². The summed E-state index contributed by atoms with van der Waals surface area (Å²) < 4.78 is 31.9. The van der Waals surface area contributed by atoms with Crippen molar-refractivity contribution < 1.29 is 13.2 Å². The Bertz CT molecular complexity index is 349. The monoisotopic (exact) mass is 307 g/mol. The first-order valence-electron chi connectivity index (χ1n) is 7.59. The molecule has 1 aliphatic rings. The molecule has 1 aliphatic heterocycles. The maximum atomic E-state index is 11.8. The van der Waals surface area contributed by atoms with Crippen LogP contribution < -0.4 is 10.0 Å². The zero-order chi connectivity index (χ0) is 14.8. The van der Waals surface area contributed by atoms with Crippen molar-refractivity contribution in [3.8, 4) is 0 Å². The van der Waals surface area contributed by atoms with Crippen LogP contribution in [0.5, 0.6) is 0 Å². The number of hydrogen-bond donors (Lipinski definition) is 2. The number of nitrogens with zero attached hydrogens (tertiary/aromatic N) is 1. The highest BCUT2D eigenvalue weighted by Crippen LogP contribution is 2.04. The summed E-state index contributed by atoms with van der Waals surface area (Å²) in [6.07, 6.45) is 1.68. The van der Waals surface area contributed by atoms with Crippen LogP contribution in [0.2, 0.25) is 0 Å². The fourth-order valence-electron chi connectivity index (χ4n) is 2.17. The van der Waals surface area contributed by atoms with E-state index >= 15 is 0 Å². The summed E-state index contributed by atoms with van der Waals surface area (Å²) in [6.45, 7) is 9.66. The Labute approximate surface area is 123 Å². The predicted molar refractivity (Wildman–Crippen MR) is 81.4 cm³/mol. The Morgan fingerprint density at radius 2 is 2.10 bits per heavy atom. The van der Waals surface area contributed by atoms with Crippen molar-refractivity contribution >= 4 is 10.0 Å². The molecule has 0 aromatic rings. The van der Waals surface area contributed by atoms with Gasteiger partial charge < -0.3 is 10.1 Å². The van der Waals surface area contributed by atoms with Gasteiger partial charge in [-0.2, -0.15) is 0 Å². The summed E-state index contributed by atoms with van der Waals surface area (Å²) in [5.41, 5.74) is 0. The van der Waals surface area contributed by atoms with Crippen molar-refractivity contribution in [1.82, 2.24) is 14.9 Å². The van der Waals surface area contributed by atoms with E-state index in [2.05, 4.69) is 28.8 Å². The highest BCUT2D eigenvalue weighted by molar-refractivity contribution is 7.89. The average Bonchev–Trinajstić information content (AvgIpc) is 2.45. The SMILES string of the molecule is CCCNCCCS(=O)(=O)NCC1CN(CC)CCO1. The van der Waals surface area contributed by atoms with Gasteiger partial charge in [-0.1, -0.05) is 13.8 Å². The Morgan fingerprint density at radius 1 is 1.30 bits per heavy atom. The first-order valence-corrected chi connectivity index (χ1v) is 9.24. The normalized spacial score (nSPS) is 21.2. The summed E-state index contributed by atoms with van der Waals surface area (Å²) in [5.74, 6) is 0.175. The van der Waals surface area contributed by atoms with E-state index in [9.17, 15) is 8.42 Å². The lowest BCUT2D eigenvalue weighted by atomic mass is 10.3. The van der Waals surface area contributed by atoms with E-state index in [-0.39, 0.29) is 11.9 Å². The summed E-state index contributed by atoms with van der Waals surface area (Å²) in [5, 5.41) is 3.20. The lowest BCUT2D eigenvalue weighted by Gasteiger charge is -2.32. The van der Waals surface area contributed by atoms with Crippen molar-refractivity contribution in [2.24, 2.45) is 0 Å². The maximum Gasteiger partial charge on any atom is 0.211 e. The van der Waals surface area contributed by atoms with Crippen molar-refractivity contribution in [3.05, 3.63) is 0 Å². The molecule has 0 bridgehead atoms. The molecule has 2 N–H and O–H groups in total. The van der Waals surface area contributed by atoms with Gasteiger partial charge >= 0.3 is 0 Å². The predicted octanol–water partition coefficient (Wildman–Crippen LogP) is 0.0162. The van der Waals surface area contributed by atoms with Crippen LogP contribution in [0, 0.1) is 0 Å². The number of nitrogens with one attached hydrogen (secondary N) is 2. The molecule has 0 amide bonds. The molecule has 1 fully saturated rings. The number of likely N-dealkylation sites (N-methyl/N-ethyl adjacent to an activating group) is 1. The van der Waals surface area contributed by atoms with Gasteiger partial charge in [0.2, 0.25) is 10.0 Å². The van der Waals surface area contributed by atoms with Gasteiger partial charge in [0.05, 0.1) is 18.5 Å². The summed E-state index contributed by atoms with van der Waals surface area (Å²) >= 11 is 0. The zero-order valence-corrected chi connectivity index (χ0v) is 13.5. The van der Waals surface area contributed by atoms with Gasteiger partial charge in [-0.25, -0.2) is 13.1 Å². The maximum absolute atomic E-state index is 11.8. The quantitative estimate of drug-likeness (QED) is 0.557. The topological polar surface area (TPSA) is 70.7 Å². The highest BCUT2D eigenvalue weighted by Gasteiger charge is 2.21. The van der Waals surface area contributed by atoms with Gasteiger partial charge in [0.25, 0.3) is 0 Å². The Morgan fingerprint density at radius 3 is 2.80 bits per heavy atom. The molecule has 0 saturated carbocycles. The molecule has 120 valence electrons. The third-order valence-corrected chi connectivity index (χ3v) is 4.83. The van der Waals surface area contributed by atoms with E-state index in [4.69, 9.17) is 4.74 Å². The van der Waals surface area contributed by atoms with Crippen molar-refractivity contribution in [2.45, 2.75) is 32.8 Å². The number of morpholine rings is 1. The number of ether oxygens (including phenoxy) is 1. The fraction of sp³-hybridized carbons (Fsp3) is 1.00. The molecule has 20 heavy (non-hydrogen) atoms. The van der Waals surface area contributed by atoms with Crippen LogP contribution in [0.1, 0.15) is 26.7 Å². The Kier molecular flexibility index (Phi) is 8.63. The average molecular weight is 307 g/mol. The second kappa shape index (κ2) is 9.68. The molecule has 1 rings (SSSR count). The highest BCUT2D eigenvalue weighted by atomic mass is 32.2. The molecule has 7 heteroatoms. The second-order valence-electron chi connectivity index (χ2n) is 5.16. The van der Waals surface area contributed by atoms with Crippen LogP contribution in [-0.2, 0) is 14.8 Å². The van der Waals surface area contributed by atoms with Crippen LogP contribution in [-0.4, -0.2) is 71.0 Å². The molecule has 1 unspecified atom stereocenters. The van der Waals surface area contributed by atoms with E-state index < -0.39 is 10.0 Å². The number of rotatable bonds is 10. The molecule has 1 saturated heterocycles. The fourth-order valence-corrected chi connectivity index (χ4v) is 3.28. The van der Waals surface area contributed by atoms with E-state index in [1.54, 1.807) is 0 Å². The van der Waals surface area contributed by atoms with Gasteiger partial charge in [-0.05, 0) is 32.5 Å². The standard InChI is InChI=1S/C13H29N3O3S/c1-3-6-14-7-5-10-20(17,18)15-11-13-12-16(4-2)8-9-19-13/h13-15H,3-12H2,1-2H3. The molecule has 0 aliphatic carbocycles. The minimum Gasteiger partial charge on any atom is -0.374 e. The van der Waals surface area contributed by atoms with Crippen LogP contribution in [0.15, 0.2) is 0 Å². The van der Waals surface area contributed by atoms with Gasteiger partial charge in [-0.3, -0.25) is 4.90 Å². The minimum atomic E-state index is -3.18. The Hall–Kier alpha value is -0.210. The zero-order valence-electron chi connectivity index (χ0n) is 12.7. The first kappa shape index (κ1) is 17.8. The largest absolute Gasteiger partial charge is 0.374 e. The smallest absolute Gasteiger partial charge is 0.211 e. The molecule has 0 aromatic carbocycles. The van der Waals surface area contributed by atoms with Crippen molar-refractivity contribution in [3.63, 3.8) is 0 Å². The third kappa shape index (κ3) is 7.54. The van der Waals surface area contributed by atoms with E-state index in [0.29, 0.717) is 19.6 Å². The molecule has 0 radical (unpaired) electrons. The minimum absolute atomic E-state index is 0.0308. The second-order valence-corrected chi connectivity index (χ2v) is 7.08. The van der Waals surface area contributed by atoms with Gasteiger partial charge in [0.15, 0.2) is 0 Å². The molecule has 6 nitrogen and oxygen atoms in total. The third-order valence-electron chi connectivity index (χ3n) is 3.39. The van der Waals surface area contributed by atoms with Crippen LogP contribution in [0.3, 0.4) is 0 Å². The summed E-state index contributed by atoms with van der Waals surface area (Å²) in [7, 11) is -3.18. The first-order chi connectivity index (χ1) is 9.57. The molecular weight excluding hydrogens is 278 g/mol. The molecule has 1 heterocycles. The molecule has 0 spiro atoms. The molecular formula is C13H29N3O3S. The van der Waals surface area contributed by atoms with Gasteiger partial charge in [0, 0.05) is 19.6 Å². The van der Waals surface area contributed by atoms with E-state index in [1.165, 1.54) is 0 Å². The van der Waals surface area contributed by atoms with Crippen LogP contribution in [0.4, 0.5) is 0 Å². The van der Waals surface area contributed by atoms with Crippen molar-refractivity contribution in [2.75, 3.05) is 51.6 Å². The summed E-state index contributed by atoms with van der Waals surface area (Å²) in [6, 6.07) is 0. The van der Waals surface area contributed by atoms with Crippen LogP contribution in [0.25, 0.3) is 0 Å². The van der Waals surface area contributed by atoms with Gasteiger partial charge in [0.1, 0.15) is 0 Å². The summed E-state index contributed by atoms with van der Waals surface area (Å²) in [4.78, 5) is 2.27. The van der Waals surface area contributed by atoms with E-state index in [0.717, 1.165) is 39.1 Å². The lowest BCUT2D eigenvalue weighted by Crippen LogP contribution is -2.47. The Balaban J connectivity index is 2.18. The van der Waals surface area contributed by atoms with E-state index in [1.807, 2.05) is 0 Å². The molecule has 1 atom stereocenters. The number of hydrogen-bond acceptors (Lipinski definition) is 5. The van der Waals surface area contributed by atoms with Crippen molar-refractivity contribution in [1.29, 1.82) is 0 Å². The number of sulfonamides is 1.